The maximum absolute atomic E-state index is 13.4. The summed E-state index contributed by atoms with van der Waals surface area (Å²) in [6, 6.07) is 5.49. The predicted molar refractivity (Wildman–Crippen MR) is 50.2 cm³/mol. The molecule has 1 nitrogen and oxygen atoms in total. The average Bonchev–Trinajstić information content (AvgIpc) is 2.57. The fraction of sp³-hybridized carbons (Fsp3) is 0.273. The lowest BCUT2D eigenvalue weighted by atomic mass is 10.0. The Hall–Kier alpha value is -1.31. The zero-order valence-electron chi connectivity index (χ0n) is 7.26. The zero-order valence-corrected chi connectivity index (χ0v) is 7.26. The molecular formula is C11H10FN. The van der Waals surface area contributed by atoms with Gasteiger partial charge in [-0.25, -0.2) is 4.39 Å². The van der Waals surface area contributed by atoms with Crippen LogP contribution in [0.5, 0.6) is 0 Å². The number of hydrogen-bond acceptors (Lipinski definition) is 0. The molecular weight excluding hydrogens is 165 g/mol. The van der Waals surface area contributed by atoms with Gasteiger partial charge in [0.25, 0.3) is 0 Å². The Morgan fingerprint density at radius 2 is 2.15 bits per heavy atom. The van der Waals surface area contributed by atoms with Crippen LogP contribution in [0.4, 0.5) is 4.39 Å². The summed E-state index contributed by atoms with van der Waals surface area (Å²) >= 11 is 0. The molecule has 0 unspecified atom stereocenters. The number of rotatable bonds is 0. The van der Waals surface area contributed by atoms with Gasteiger partial charge in [-0.15, -0.1) is 0 Å². The third-order valence-electron chi connectivity index (χ3n) is 2.80. The summed E-state index contributed by atoms with van der Waals surface area (Å²) in [5.41, 5.74) is 2.00. The molecule has 0 N–H and O–H groups in total. The zero-order chi connectivity index (χ0) is 8.84. The van der Waals surface area contributed by atoms with Crippen molar-refractivity contribution in [2.24, 2.45) is 0 Å². The van der Waals surface area contributed by atoms with Gasteiger partial charge in [0.05, 0.1) is 5.52 Å². The van der Waals surface area contributed by atoms with Gasteiger partial charge in [-0.3, -0.25) is 0 Å². The summed E-state index contributed by atoms with van der Waals surface area (Å²) < 4.78 is 15.5. The van der Waals surface area contributed by atoms with Crippen LogP contribution in [-0.4, -0.2) is 4.57 Å². The number of benzene rings is 1. The van der Waals surface area contributed by atoms with Crippen LogP contribution in [0.25, 0.3) is 10.9 Å². The molecule has 0 spiro atoms. The molecule has 3 rings (SSSR count). The molecule has 0 bridgehead atoms. The van der Waals surface area contributed by atoms with Gasteiger partial charge < -0.3 is 4.57 Å². The molecule has 0 aliphatic carbocycles. The van der Waals surface area contributed by atoms with E-state index in [0.717, 1.165) is 35.9 Å². The van der Waals surface area contributed by atoms with Gasteiger partial charge in [-0.2, -0.15) is 0 Å². The van der Waals surface area contributed by atoms with Crippen molar-refractivity contribution in [3.8, 4) is 0 Å². The van der Waals surface area contributed by atoms with E-state index in [2.05, 4.69) is 10.6 Å². The van der Waals surface area contributed by atoms with E-state index in [9.17, 15) is 4.39 Å². The monoisotopic (exact) mass is 175 g/mol. The van der Waals surface area contributed by atoms with Gasteiger partial charge in [0, 0.05) is 23.7 Å². The molecule has 1 aromatic carbocycles. The first kappa shape index (κ1) is 7.13. The standard InChI is InChI=1S/C11H10FN/c12-10-4-3-8-5-7-13-6-1-2-9(10)11(8)13/h3-5,7H,1-2,6H2. The smallest absolute Gasteiger partial charge is 0.128 e. The predicted octanol–water partition coefficient (Wildman–Crippen LogP) is 2.73. The minimum atomic E-state index is -0.0489. The van der Waals surface area contributed by atoms with Crippen molar-refractivity contribution in [2.75, 3.05) is 0 Å². The summed E-state index contributed by atoms with van der Waals surface area (Å²) in [7, 11) is 0. The molecule has 1 aliphatic rings. The molecule has 0 saturated carbocycles. The van der Waals surface area contributed by atoms with Crippen molar-refractivity contribution in [1.29, 1.82) is 0 Å². The number of halogens is 1. The van der Waals surface area contributed by atoms with E-state index in [0.29, 0.717) is 0 Å². The summed E-state index contributed by atoms with van der Waals surface area (Å²) in [5.74, 6) is -0.0489. The van der Waals surface area contributed by atoms with E-state index in [1.165, 1.54) is 0 Å². The molecule has 0 saturated heterocycles. The van der Waals surface area contributed by atoms with E-state index in [1.807, 2.05) is 12.3 Å². The lowest BCUT2D eigenvalue weighted by molar-refractivity contribution is 0.574. The van der Waals surface area contributed by atoms with E-state index < -0.39 is 0 Å². The van der Waals surface area contributed by atoms with Gasteiger partial charge in [0.15, 0.2) is 0 Å². The van der Waals surface area contributed by atoms with Crippen LogP contribution in [0.3, 0.4) is 0 Å². The van der Waals surface area contributed by atoms with Crippen LogP contribution < -0.4 is 0 Å². The fourth-order valence-electron chi connectivity index (χ4n) is 2.20. The molecule has 0 radical (unpaired) electrons. The Morgan fingerprint density at radius 3 is 3.08 bits per heavy atom. The molecule has 2 heterocycles. The summed E-state index contributed by atoms with van der Waals surface area (Å²) in [4.78, 5) is 0. The first-order valence-corrected chi connectivity index (χ1v) is 4.62. The van der Waals surface area contributed by atoms with Crippen LogP contribution in [0, 0.1) is 5.82 Å². The van der Waals surface area contributed by atoms with Crippen LogP contribution in [-0.2, 0) is 13.0 Å². The molecule has 0 atom stereocenters. The molecule has 0 fully saturated rings. The topological polar surface area (TPSA) is 4.93 Å². The number of hydrogen-bond donors (Lipinski definition) is 0. The molecule has 1 aromatic heterocycles. The highest BCUT2D eigenvalue weighted by Crippen LogP contribution is 2.27. The quantitative estimate of drug-likeness (QED) is 0.580. The van der Waals surface area contributed by atoms with Gasteiger partial charge in [0.2, 0.25) is 0 Å². The number of aromatic nitrogens is 1. The lowest BCUT2D eigenvalue weighted by Crippen LogP contribution is -2.07. The van der Waals surface area contributed by atoms with Crippen LogP contribution in [0.2, 0.25) is 0 Å². The number of aryl methyl sites for hydroxylation is 2. The van der Waals surface area contributed by atoms with E-state index in [4.69, 9.17) is 0 Å². The first-order valence-electron chi connectivity index (χ1n) is 4.62. The van der Waals surface area contributed by atoms with Crippen molar-refractivity contribution in [2.45, 2.75) is 19.4 Å². The fourth-order valence-corrected chi connectivity index (χ4v) is 2.20. The van der Waals surface area contributed by atoms with Crippen molar-refractivity contribution in [3.63, 3.8) is 0 Å². The normalized spacial score (nSPS) is 15.2. The van der Waals surface area contributed by atoms with Gasteiger partial charge in [0.1, 0.15) is 5.82 Å². The Morgan fingerprint density at radius 1 is 1.23 bits per heavy atom. The van der Waals surface area contributed by atoms with Crippen LogP contribution in [0.15, 0.2) is 24.4 Å². The first-order chi connectivity index (χ1) is 6.36. The van der Waals surface area contributed by atoms with E-state index >= 15 is 0 Å². The second-order valence-corrected chi connectivity index (χ2v) is 3.58. The molecule has 1 aliphatic heterocycles. The highest BCUT2D eigenvalue weighted by molar-refractivity contribution is 5.84. The second-order valence-electron chi connectivity index (χ2n) is 3.58. The molecule has 0 amide bonds. The van der Waals surface area contributed by atoms with Gasteiger partial charge >= 0.3 is 0 Å². The summed E-state index contributed by atoms with van der Waals surface area (Å²) in [6.07, 6.45) is 3.98. The maximum Gasteiger partial charge on any atom is 0.128 e. The van der Waals surface area contributed by atoms with E-state index in [-0.39, 0.29) is 5.82 Å². The minimum Gasteiger partial charge on any atom is -0.347 e. The Labute approximate surface area is 75.8 Å². The van der Waals surface area contributed by atoms with Gasteiger partial charge in [-0.05, 0) is 31.0 Å². The van der Waals surface area contributed by atoms with Crippen molar-refractivity contribution >= 4 is 10.9 Å². The maximum atomic E-state index is 13.4. The third kappa shape index (κ3) is 0.857. The Balaban J connectivity index is 2.50. The van der Waals surface area contributed by atoms with Gasteiger partial charge in [-0.1, -0.05) is 0 Å². The Kier molecular flexibility index (Phi) is 1.29. The molecule has 13 heavy (non-hydrogen) atoms. The van der Waals surface area contributed by atoms with Crippen LogP contribution in [0.1, 0.15) is 12.0 Å². The third-order valence-corrected chi connectivity index (χ3v) is 2.80. The Bertz CT molecular complexity index is 470. The SMILES string of the molecule is Fc1ccc2ccn3c2c1CCC3. The summed E-state index contributed by atoms with van der Waals surface area (Å²) in [6.45, 7) is 1.03. The largest absolute Gasteiger partial charge is 0.347 e. The lowest BCUT2D eigenvalue weighted by Gasteiger charge is -2.15. The molecule has 2 aromatic rings. The highest BCUT2D eigenvalue weighted by Gasteiger charge is 2.15. The van der Waals surface area contributed by atoms with Crippen molar-refractivity contribution < 1.29 is 4.39 Å². The van der Waals surface area contributed by atoms with Crippen molar-refractivity contribution in [3.05, 3.63) is 35.8 Å². The highest BCUT2D eigenvalue weighted by atomic mass is 19.1. The summed E-state index contributed by atoms with van der Waals surface area (Å²) in [5, 5.41) is 1.16. The average molecular weight is 175 g/mol. The molecule has 66 valence electrons. The molecule has 2 heteroatoms. The van der Waals surface area contributed by atoms with E-state index in [1.54, 1.807) is 6.07 Å². The van der Waals surface area contributed by atoms with Crippen molar-refractivity contribution in [1.82, 2.24) is 4.57 Å². The van der Waals surface area contributed by atoms with Crippen LogP contribution >= 0.6 is 0 Å². The minimum absolute atomic E-state index is 0.0489. The number of nitrogens with zero attached hydrogens (tertiary/aromatic N) is 1. The second kappa shape index (κ2) is 2.34.